The Hall–Kier alpha value is -8.40. The van der Waals surface area contributed by atoms with Gasteiger partial charge in [0.05, 0.1) is 22.8 Å². The molecule has 2 aromatic heterocycles. The van der Waals surface area contributed by atoms with Crippen molar-refractivity contribution in [3.05, 3.63) is 212 Å². The minimum absolute atomic E-state index is 0.561. The molecule has 0 bridgehead atoms. The molecule has 0 amide bonds. The van der Waals surface area contributed by atoms with Crippen LogP contribution in [0.1, 0.15) is 5.56 Å². The molecule has 0 aliphatic rings. The summed E-state index contributed by atoms with van der Waals surface area (Å²) in [5.41, 5.74) is 13.0. The van der Waals surface area contributed by atoms with Crippen molar-refractivity contribution in [1.82, 2.24) is 24.9 Å². The average Bonchev–Trinajstić information content (AvgIpc) is 3.34. The summed E-state index contributed by atoms with van der Waals surface area (Å²) in [6.45, 7) is 0. The number of para-hydroxylation sites is 1. The van der Waals surface area contributed by atoms with Crippen LogP contribution in [0.2, 0.25) is 0 Å². The molecule has 0 saturated heterocycles. The monoisotopic (exact) mass is 766 g/mol. The van der Waals surface area contributed by atoms with Crippen LogP contribution in [0.5, 0.6) is 0 Å². The van der Waals surface area contributed by atoms with Gasteiger partial charge in [-0.2, -0.15) is 5.26 Å². The zero-order chi connectivity index (χ0) is 40.3. The standard InChI is InChI=1S/C54H34N6/c55-35-36-27-29-37(30-28-36)41-21-14-22-43(33-41)52-58-51(40-19-8-3-9-20-40)59-54(60-52)46-32-31-42(34-48(46)38-15-4-1-5-16-38)44-23-10-11-24-45(44)53-56-49-26-13-12-25-47(49)50(57-53)39-17-6-2-7-18-39/h1-34H. The maximum Gasteiger partial charge on any atom is 0.164 e. The molecule has 0 saturated carbocycles. The second-order valence-electron chi connectivity index (χ2n) is 14.4. The Morgan fingerprint density at radius 2 is 0.833 bits per heavy atom. The third-order valence-corrected chi connectivity index (χ3v) is 10.6. The summed E-state index contributed by atoms with van der Waals surface area (Å²) >= 11 is 0. The maximum absolute atomic E-state index is 9.36. The van der Waals surface area contributed by atoms with Gasteiger partial charge in [0.25, 0.3) is 0 Å². The fourth-order valence-corrected chi connectivity index (χ4v) is 7.62. The van der Waals surface area contributed by atoms with Crippen molar-refractivity contribution in [3.63, 3.8) is 0 Å². The topological polar surface area (TPSA) is 88.2 Å². The van der Waals surface area contributed by atoms with E-state index in [1.165, 1.54) is 0 Å². The van der Waals surface area contributed by atoms with Crippen LogP contribution < -0.4 is 0 Å². The van der Waals surface area contributed by atoms with Gasteiger partial charge >= 0.3 is 0 Å². The smallest absolute Gasteiger partial charge is 0.164 e. The van der Waals surface area contributed by atoms with Gasteiger partial charge in [0.1, 0.15) is 0 Å². The highest BCUT2D eigenvalue weighted by Gasteiger charge is 2.20. The Kier molecular flexibility index (Phi) is 9.51. The number of fused-ring (bicyclic) bond motifs is 1. The van der Waals surface area contributed by atoms with E-state index in [1.54, 1.807) is 0 Å². The number of hydrogen-bond acceptors (Lipinski definition) is 6. The van der Waals surface area contributed by atoms with E-state index in [-0.39, 0.29) is 0 Å². The molecule has 0 fully saturated rings. The zero-order valence-corrected chi connectivity index (χ0v) is 32.3. The first-order valence-electron chi connectivity index (χ1n) is 19.7. The normalized spacial score (nSPS) is 11.0. The van der Waals surface area contributed by atoms with Gasteiger partial charge in [-0.05, 0) is 69.8 Å². The summed E-state index contributed by atoms with van der Waals surface area (Å²) in [7, 11) is 0. The van der Waals surface area contributed by atoms with Crippen molar-refractivity contribution in [2.24, 2.45) is 0 Å². The molecule has 2 heterocycles. The van der Waals surface area contributed by atoms with Gasteiger partial charge in [-0.1, -0.05) is 170 Å². The van der Waals surface area contributed by atoms with Crippen LogP contribution in [0.3, 0.4) is 0 Å². The lowest BCUT2D eigenvalue weighted by Gasteiger charge is -2.16. The molecule has 6 heteroatoms. The molecule has 8 aromatic carbocycles. The van der Waals surface area contributed by atoms with Gasteiger partial charge in [0, 0.05) is 33.2 Å². The molecular formula is C54H34N6. The Morgan fingerprint density at radius 1 is 0.300 bits per heavy atom. The zero-order valence-electron chi connectivity index (χ0n) is 32.3. The summed E-state index contributed by atoms with van der Waals surface area (Å²) in [6, 6.07) is 71.7. The number of rotatable bonds is 8. The van der Waals surface area contributed by atoms with Crippen molar-refractivity contribution < 1.29 is 0 Å². The van der Waals surface area contributed by atoms with Gasteiger partial charge in [-0.15, -0.1) is 0 Å². The Labute approximate surface area is 347 Å². The first-order valence-corrected chi connectivity index (χ1v) is 19.7. The summed E-state index contributed by atoms with van der Waals surface area (Å²) in [5, 5.41) is 10.4. The quantitative estimate of drug-likeness (QED) is 0.153. The lowest BCUT2D eigenvalue weighted by Crippen LogP contribution is -2.01. The Balaban J connectivity index is 1.14. The number of hydrogen-bond donors (Lipinski definition) is 0. The van der Waals surface area contributed by atoms with Gasteiger partial charge in [0.2, 0.25) is 0 Å². The van der Waals surface area contributed by atoms with E-state index >= 15 is 0 Å². The number of aromatic nitrogens is 5. The maximum atomic E-state index is 9.36. The molecule has 10 rings (SSSR count). The molecule has 0 aliphatic heterocycles. The number of benzene rings is 8. The first-order chi connectivity index (χ1) is 29.7. The van der Waals surface area contributed by atoms with E-state index in [0.717, 1.165) is 77.8 Å². The predicted molar refractivity (Wildman–Crippen MR) is 241 cm³/mol. The Morgan fingerprint density at radius 3 is 1.57 bits per heavy atom. The lowest BCUT2D eigenvalue weighted by molar-refractivity contribution is 1.07. The van der Waals surface area contributed by atoms with Crippen molar-refractivity contribution in [1.29, 1.82) is 5.26 Å². The van der Waals surface area contributed by atoms with Crippen LogP contribution in [0.15, 0.2) is 206 Å². The second kappa shape index (κ2) is 15.9. The van der Waals surface area contributed by atoms with E-state index in [2.05, 4.69) is 97.1 Å². The van der Waals surface area contributed by atoms with Crippen LogP contribution >= 0.6 is 0 Å². The van der Waals surface area contributed by atoms with Crippen molar-refractivity contribution in [2.75, 3.05) is 0 Å². The third kappa shape index (κ3) is 7.08. The van der Waals surface area contributed by atoms with Crippen molar-refractivity contribution in [3.8, 4) is 96.3 Å². The highest BCUT2D eigenvalue weighted by Crippen LogP contribution is 2.39. The van der Waals surface area contributed by atoms with Gasteiger partial charge in [-0.25, -0.2) is 24.9 Å². The van der Waals surface area contributed by atoms with Crippen molar-refractivity contribution >= 4 is 10.9 Å². The largest absolute Gasteiger partial charge is 0.228 e. The molecule has 0 aliphatic carbocycles. The molecule has 0 N–H and O–H groups in total. The van der Waals surface area contributed by atoms with Gasteiger partial charge in [-0.3, -0.25) is 0 Å². The van der Waals surface area contributed by atoms with Crippen LogP contribution in [0.4, 0.5) is 0 Å². The molecule has 6 nitrogen and oxygen atoms in total. The summed E-state index contributed by atoms with van der Waals surface area (Å²) in [6.07, 6.45) is 0. The van der Waals surface area contributed by atoms with Gasteiger partial charge in [0.15, 0.2) is 23.3 Å². The van der Waals surface area contributed by atoms with E-state index in [9.17, 15) is 5.26 Å². The predicted octanol–water partition coefficient (Wildman–Crippen LogP) is 13.0. The average molecular weight is 767 g/mol. The van der Waals surface area contributed by atoms with Crippen LogP contribution in [-0.4, -0.2) is 24.9 Å². The molecule has 0 spiro atoms. The minimum Gasteiger partial charge on any atom is -0.228 e. The first kappa shape index (κ1) is 36.0. The molecule has 280 valence electrons. The molecule has 0 atom stereocenters. The van der Waals surface area contributed by atoms with E-state index in [0.29, 0.717) is 28.9 Å². The van der Waals surface area contributed by atoms with Crippen LogP contribution in [-0.2, 0) is 0 Å². The van der Waals surface area contributed by atoms with E-state index in [1.807, 2.05) is 115 Å². The molecule has 0 radical (unpaired) electrons. The summed E-state index contributed by atoms with van der Waals surface area (Å²) in [4.78, 5) is 25.7. The molecule has 60 heavy (non-hydrogen) atoms. The fourth-order valence-electron chi connectivity index (χ4n) is 7.62. The van der Waals surface area contributed by atoms with E-state index in [4.69, 9.17) is 24.9 Å². The Bertz CT molecular complexity index is 3200. The summed E-state index contributed by atoms with van der Waals surface area (Å²) in [5.74, 6) is 2.36. The number of nitrogens with zero attached hydrogens (tertiary/aromatic N) is 6. The molecule has 10 aromatic rings. The highest BCUT2D eigenvalue weighted by atomic mass is 15.0. The molecular weight excluding hydrogens is 733 g/mol. The van der Waals surface area contributed by atoms with Crippen LogP contribution in [0, 0.1) is 11.3 Å². The highest BCUT2D eigenvalue weighted by molar-refractivity contribution is 5.95. The van der Waals surface area contributed by atoms with Crippen molar-refractivity contribution in [2.45, 2.75) is 0 Å². The lowest BCUT2D eigenvalue weighted by atomic mass is 9.92. The SMILES string of the molecule is N#Cc1ccc(-c2cccc(-c3nc(-c4ccccc4)nc(-c4ccc(-c5ccccc5-c5nc(-c6ccccc6)c6ccccc6n5)cc4-c4ccccc4)n3)c2)cc1. The minimum atomic E-state index is 0.561. The fraction of sp³-hybridized carbons (Fsp3) is 0. The molecule has 0 unspecified atom stereocenters. The number of nitriles is 1. The van der Waals surface area contributed by atoms with Crippen LogP contribution in [0.25, 0.3) is 101 Å². The van der Waals surface area contributed by atoms with E-state index < -0.39 is 0 Å². The summed E-state index contributed by atoms with van der Waals surface area (Å²) < 4.78 is 0. The second-order valence-corrected chi connectivity index (χ2v) is 14.4. The third-order valence-electron chi connectivity index (χ3n) is 10.6. The van der Waals surface area contributed by atoms with Gasteiger partial charge < -0.3 is 0 Å².